The lowest BCUT2D eigenvalue weighted by molar-refractivity contribution is 0.0218. The monoisotopic (exact) mass is 609 g/mol. The van der Waals surface area contributed by atoms with Gasteiger partial charge in [0.1, 0.15) is 23.5 Å². The molecule has 2 aromatic rings. The molecule has 1 saturated carbocycles. The van der Waals surface area contributed by atoms with E-state index in [0.717, 1.165) is 37.0 Å². The summed E-state index contributed by atoms with van der Waals surface area (Å²) in [6.45, 7) is 10.9. The van der Waals surface area contributed by atoms with E-state index in [1.165, 1.54) is 6.42 Å². The number of likely N-dealkylation sites (N-methyl/N-ethyl adjacent to an activating group) is 1. The lowest BCUT2D eigenvalue weighted by Gasteiger charge is -2.41. The maximum Gasteiger partial charge on any atom is 0.410 e. The zero-order chi connectivity index (χ0) is 27.2. The number of rotatable bonds is 6. The first-order valence-corrected chi connectivity index (χ1v) is 14.6. The van der Waals surface area contributed by atoms with Crippen molar-refractivity contribution in [3.8, 4) is 11.8 Å². The minimum atomic E-state index is -0.540. The predicted molar refractivity (Wildman–Crippen MR) is 152 cm³/mol. The third-order valence-corrected chi connectivity index (χ3v) is 8.55. The molecule has 1 aliphatic carbocycles. The molecule has 2 aliphatic heterocycles. The number of piperazine rings is 1. The second kappa shape index (κ2) is 10.8. The average molecular weight is 611 g/mol. The van der Waals surface area contributed by atoms with Gasteiger partial charge in [0.25, 0.3) is 0 Å². The van der Waals surface area contributed by atoms with E-state index in [1.807, 2.05) is 26.8 Å². The van der Waals surface area contributed by atoms with Gasteiger partial charge in [0.05, 0.1) is 15.6 Å². The van der Waals surface area contributed by atoms with E-state index in [-0.39, 0.29) is 18.2 Å². The Kier molecular flexibility index (Phi) is 7.86. The molecule has 1 aromatic carbocycles. The van der Waals surface area contributed by atoms with E-state index in [2.05, 4.69) is 39.7 Å². The molecule has 1 aromatic heterocycles. The molecule has 38 heavy (non-hydrogen) atoms. The molecule has 0 N–H and O–H groups in total. The quantitative estimate of drug-likeness (QED) is 0.424. The van der Waals surface area contributed by atoms with Gasteiger partial charge in [0, 0.05) is 37.1 Å². The molecule has 1 amide bonds. The molecule has 3 fully saturated rings. The highest BCUT2D eigenvalue weighted by Gasteiger charge is 2.33. The van der Waals surface area contributed by atoms with E-state index < -0.39 is 5.60 Å². The summed E-state index contributed by atoms with van der Waals surface area (Å²) < 4.78 is 18.8. The Bertz CT molecular complexity index is 1200. The van der Waals surface area contributed by atoms with Crippen LogP contribution in [0.1, 0.15) is 53.4 Å². The zero-order valence-electron chi connectivity index (χ0n) is 22.8. The highest BCUT2D eigenvalue weighted by molar-refractivity contribution is 9.10. The Morgan fingerprint density at radius 2 is 1.95 bits per heavy atom. The van der Waals surface area contributed by atoms with Crippen LogP contribution in [0.25, 0.3) is 10.9 Å². The number of hydrogen-bond donors (Lipinski definition) is 0. The Morgan fingerprint density at radius 1 is 1.18 bits per heavy atom. The number of aromatic nitrogens is 2. The summed E-state index contributed by atoms with van der Waals surface area (Å²) in [6.07, 6.45) is 4.16. The van der Waals surface area contributed by atoms with Crippen molar-refractivity contribution in [2.75, 3.05) is 44.7 Å². The van der Waals surface area contributed by atoms with Crippen LogP contribution in [0.4, 0.5) is 10.6 Å². The molecule has 208 valence electrons. The van der Waals surface area contributed by atoms with E-state index in [4.69, 9.17) is 35.8 Å². The van der Waals surface area contributed by atoms with Crippen LogP contribution in [0, 0.1) is 0 Å². The number of amides is 1. The second-order valence-corrected chi connectivity index (χ2v) is 12.8. The molecule has 2 atom stereocenters. The van der Waals surface area contributed by atoms with Gasteiger partial charge in [0.15, 0.2) is 5.75 Å². The SMILES string of the molecule is C[C@H]1CN(C(=O)OC(C)(C)C)CCN1c1nc(OC[C@@H]2CCCN2C)nc2c(OC3CC3)c(Br)c(Cl)cc12. The second-order valence-electron chi connectivity index (χ2n) is 11.6. The van der Waals surface area contributed by atoms with Crippen LogP contribution in [0.3, 0.4) is 0 Å². The minimum absolute atomic E-state index is 0.0154. The van der Waals surface area contributed by atoms with Crippen LogP contribution >= 0.6 is 27.5 Å². The number of carbonyl (C=O) groups is 1. The Balaban J connectivity index is 1.48. The fourth-order valence-corrected chi connectivity index (χ4v) is 5.61. The van der Waals surface area contributed by atoms with Crippen molar-refractivity contribution in [2.45, 2.75) is 77.2 Å². The zero-order valence-corrected chi connectivity index (χ0v) is 25.1. The number of anilines is 1. The lowest BCUT2D eigenvalue weighted by atomic mass is 10.1. The molecule has 0 unspecified atom stereocenters. The molecule has 9 nitrogen and oxygen atoms in total. The predicted octanol–water partition coefficient (Wildman–Crippen LogP) is 5.51. The first kappa shape index (κ1) is 27.5. The van der Waals surface area contributed by atoms with Gasteiger partial charge in [-0.25, -0.2) is 4.79 Å². The Labute approximate surface area is 237 Å². The third-order valence-electron chi connectivity index (χ3n) is 7.24. The number of nitrogens with zero attached hydrogens (tertiary/aromatic N) is 5. The van der Waals surface area contributed by atoms with Gasteiger partial charge in [-0.15, -0.1) is 0 Å². The van der Waals surface area contributed by atoms with E-state index in [0.29, 0.717) is 59.1 Å². The largest absolute Gasteiger partial charge is 0.487 e. The first-order valence-electron chi connectivity index (χ1n) is 13.4. The van der Waals surface area contributed by atoms with Crippen molar-refractivity contribution in [1.82, 2.24) is 19.8 Å². The van der Waals surface area contributed by atoms with Gasteiger partial charge < -0.3 is 28.9 Å². The Morgan fingerprint density at radius 3 is 2.58 bits per heavy atom. The van der Waals surface area contributed by atoms with Gasteiger partial charge in [-0.05, 0) is 89.0 Å². The van der Waals surface area contributed by atoms with Crippen molar-refractivity contribution in [1.29, 1.82) is 0 Å². The number of fused-ring (bicyclic) bond motifs is 1. The lowest BCUT2D eigenvalue weighted by Crippen LogP contribution is -2.54. The minimum Gasteiger partial charge on any atom is -0.487 e. The molecular formula is C27H37BrClN5O4. The summed E-state index contributed by atoms with van der Waals surface area (Å²) in [5, 5.41) is 1.34. The molecule has 2 saturated heterocycles. The number of likely N-dealkylation sites (tertiary alicyclic amines) is 1. The molecular weight excluding hydrogens is 574 g/mol. The van der Waals surface area contributed by atoms with Gasteiger partial charge >= 0.3 is 12.1 Å². The number of hydrogen-bond acceptors (Lipinski definition) is 8. The fraction of sp³-hybridized carbons (Fsp3) is 0.667. The summed E-state index contributed by atoms with van der Waals surface area (Å²) >= 11 is 10.3. The standard InChI is InChI=1S/C27H37BrClN5O4/c1-16-14-33(26(35)38-27(2,3)4)11-12-34(16)24-19-13-20(29)21(28)23(37-18-8-9-18)22(19)30-25(31-24)36-15-17-7-6-10-32(17)5/h13,16-18H,6-12,14-15H2,1-5H3/t16-,17-/m0/s1. The van der Waals surface area contributed by atoms with Crippen LogP contribution in [0.5, 0.6) is 11.8 Å². The highest BCUT2D eigenvalue weighted by Crippen LogP contribution is 2.44. The molecule has 3 heterocycles. The van der Waals surface area contributed by atoms with Gasteiger partial charge in [-0.1, -0.05) is 11.6 Å². The normalized spacial score (nSPS) is 22.7. The maximum absolute atomic E-state index is 12.7. The third kappa shape index (κ3) is 6.07. The fourth-order valence-electron chi connectivity index (χ4n) is 5.01. The first-order chi connectivity index (χ1) is 18.0. The van der Waals surface area contributed by atoms with Crippen molar-refractivity contribution in [2.24, 2.45) is 0 Å². The van der Waals surface area contributed by atoms with Gasteiger partial charge in [-0.3, -0.25) is 0 Å². The smallest absolute Gasteiger partial charge is 0.410 e. The van der Waals surface area contributed by atoms with E-state index >= 15 is 0 Å². The number of ether oxygens (including phenoxy) is 3. The van der Waals surface area contributed by atoms with Gasteiger partial charge in [-0.2, -0.15) is 9.97 Å². The highest BCUT2D eigenvalue weighted by atomic mass is 79.9. The summed E-state index contributed by atoms with van der Waals surface area (Å²) in [5.41, 5.74) is 0.136. The number of carbonyl (C=O) groups excluding carboxylic acids is 1. The van der Waals surface area contributed by atoms with Gasteiger partial charge in [0.2, 0.25) is 0 Å². The number of benzene rings is 1. The maximum atomic E-state index is 12.7. The summed E-state index contributed by atoms with van der Waals surface area (Å²) in [6, 6.07) is 2.54. The van der Waals surface area contributed by atoms with Crippen molar-refractivity contribution >= 4 is 50.3 Å². The topological polar surface area (TPSA) is 80.3 Å². The van der Waals surface area contributed by atoms with Crippen LogP contribution in [0.2, 0.25) is 5.02 Å². The molecule has 11 heteroatoms. The Hall–Kier alpha value is -2.04. The summed E-state index contributed by atoms with van der Waals surface area (Å²) in [7, 11) is 2.13. The average Bonchev–Trinajstić information content (AvgIpc) is 3.58. The van der Waals surface area contributed by atoms with E-state index in [1.54, 1.807) is 4.90 Å². The molecule has 3 aliphatic rings. The van der Waals surface area contributed by atoms with Crippen LogP contribution in [0.15, 0.2) is 10.5 Å². The van der Waals surface area contributed by atoms with Crippen molar-refractivity contribution in [3.05, 3.63) is 15.6 Å². The molecule has 0 spiro atoms. The van der Waals surface area contributed by atoms with Crippen LogP contribution in [-0.2, 0) is 4.74 Å². The van der Waals surface area contributed by atoms with E-state index in [9.17, 15) is 4.79 Å². The van der Waals surface area contributed by atoms with Crippen molar-refractivity contribution in [3.63, 3.8) is 0 Å². The van der Waals surface area contributed by atoms with Crippen molar-refractivity contribution < 1.29 is 19.0 Å². The molecule has 0 radical (unpaired) electrons. The molecule has 5 rings (SSSR count). The summed E-state index contributed by atoms with van der Waals surface area (Å²) in [5.74, 6) is 1.36. The van der Waals surface area contributed by atoms with Crippen LogP contribution < -0.4 is 14.4 Å². The molecule has 0 bridgehead atoms. The summed E-state index contributed by atoms with van der Waals surface area (Å²) in [4.78, 5) is 28.8. The number of halogens is 2. The van der Waals surface area contributed by atoms with Crippen LogP contribution in [-0.4, -0.2) is 89.5 Å².